The first-order valence-corrected chi connectivity index (χ1v) is 7.86. The van der Waals surface area contributed by atoms with Gasteiger partial charge in [0.25, 0.3) is 0 Å². The predicted octanol–water partition coefficient (Wildman–Crippen LogP) is 4.02. The van der Waals surface area contributed by atoms with Crippen molar-refractivity contribution in [1.29, 1.82) is 0 Å². The number of nitrogens with zero attached hydrogens (tertiary/aromatic N) is 2. The first kappa shape index (κ1) is 15.3. The lowest BCUT2D eigenvalue weighted by Gasteiger charge is -2.16. The highest BCUT2D eigenvalue weighted by Crippen LogP contribution is 2.31. The third-order valence-electron chi connectivity index (χ3n) is 3.14. The van der Waals surface area contributed by atoms with E-state index in [-0.39, 0.29) is 0 Å². The van der Waals surface area contributed by atoms with E-state index < -0.39 is 0 Å². The SMILES string of the molecule is CC(C)c1nc(N(C)Cc2ccccc2Cl)sc1CN. The molecule has 3 nitrogen and oxygen atoms in total. The summed E-state index contributed by atoms with van der Waals surface area (Å²) < 4.78 is 0. The lowest BCUT2D eigenvalue weighted by molar-refractivity contribution is 0.805. The molecule has 0 spiro atoms. The lowest BCUT2D eigenvalue weighted by Crippen LogP contribution is -2.16. The molecule has 108 valence electrons. The molecular formula is C15H20ClN3S. The van der Waals surface area contributed by atoms with Crippen LogP contribution in [-0.4, -0.2) is 12.0 Å². The molecule has 0 unspecified atom stereocenters. The molecule has 0 aliphatic heterocycles. The molecule has 0 bridgehead atoms. The van der Waals surface area contributed by atoms with Crippen LogP contribution in [0.2, 0.25) is 5.02 Å². The van der Waals surface area contributed by atoms with Crippen molar-refractivity contribution in [3.63, 3.8) is 0 Å². The van der Waals surface area contributed by atoms with Gasteiger partial charge < -0.3 is 10.6 Å². The van der Waals surface area contributed by atoms with Crippen molar-refractivity contribution in [3.8, 4) is 0 Å². The van der Waals surface area contributed by atoms with E-state index in [1.54, 1.807) is 11.3 Å². The summed E-state index contributed by atoms with van der Waals surface area (Å²) in [4.78, 5) is 8.02. The quantitative estimate of drug-likeness (QED) is 0.907. The van der Waals surface area contributed by atoms with Crippen LogP contribution in [0, 0.1) is 0 Å². The fraction of sp³-hybridized carbons (Fsp3) is 0.400. The standard InChI is InChI=1S/C15H20ClN3S/c1-10(2)14-13(8-17)20-15(18-14)19(3)9-11-6-4-5-7-12(11)16/h4-7,10H,8-9,17H2,1-3H3. The molecular weight excluding hydrogens is 290 g/mol. The zero-order valence-corrected chi connectivity index (χ0v) is 13.6. The van der Waals surface area contributed by atoms with Crippen LogP contribution in [0.5, 0.6) is 0 Å². The number of halogens is 1. The summed E-state index contributed by atoms with van der Waals surface area (Å²) in [6.45, 7) is 5.58. The van der Waals surface area contributed by atoms with Crippen LogP contribution < -0.4 is 10.6 Å². The Morgan fingerprint density at radius 3 is 2.60 bits per heavy atom. The molecule has 2 N–H and O–H groups in total. The van der Waals surface area contributed by atoms with Crippen molar-refractivity contribution in [1.82, 2.24) is 4.98 Å². The molecule has 2 rings (SSSR count). The van der Waals surface area contributed by atoms with Crippen LogP contribution in [0.25, 0.3) is 0 Å². The number of hydrogen-bond donors (Lipinski definition) is 1. The van der Waals surface area contributed by atoms with Crippen LogP contribution in [-0.2, 0) is 13.1 Å². The molecule has 0 aliphatic rings. The molecule has 20 heavy (non-hydrogen) atoms. The number of thiazole rings is 1. The fourth-order valence-corrected chi connectivity index (χ4v) is 3.31. The van der Waals surface area contributed by atoms with Gasteiger partial charge in [-0.05, 0) is 17.5 Å². The Kier molecular flexibility index (Phi) is 5.02. The topological polar surface area (TPSA) is 42.2 Å². The van der Waals surface area contributed by atoms with Crippen LogP contribution in [0.4, 0.5) is 5.13 Å². The van der Waals surface area contributed by atoms with E-state index in [1.165, 1.54) is 4.88 Å². The summed E-state index contributed by atoms with van der Waals surface area (Å²) in [6, 6.07) is 7.90. The maximum absolute atomic E-state index is 6.21. The first-order valence-electron chi connectivity index (χ1n) is 6.67. The second kappa shape index (κ2) is 6.57. The predicted molar refractivity (Wildman–Crippen MR) is 87.7 cm³/mol. The van der Waals surface area contributed by atoms with E-state index in [9.17, 15) is 0 Å². The Labute approximate surface area is 129 Å². The van der Waals surface area contributed by atoms with Crippen LogP contribution in [0.1, 0.15) is 35.9 Å². The third-order valence-corrected chi connectivity index (χ3v) is 4.72. The number of aromatic nitrogens is 1. The van der Waals surface area contributed by atoms with E-state index in [1.807, 2.05) is 31.3 Å². The minimum atomic E-state index is 0.396. The van der Waals surface area contributed by atoms with Gasteiger partial charge in [0.2, 0.25) is 0 Å². The molecule has 2 aromatic rings. The van der Waals surface area contributed by atoms with Crippen LogP contribution >= 0.6 is 22.9 Å². The molecule has 1 aromatic heterocycles. The number of anilines is 1. The summed E-state index contributed by atoms with van der Waals surface area (Å²) in [5, 5.41) is 1.79. The Morgan fingerprint density at radius 1 is 1.35 bits per heavy atom. The van der Waals surface area contributed by atoms with Crippen molar-refractivity contribution >= 4 is 28.1 Å². The van der Waals surface area contributed by atoms with Gasteiger partial charge >= 0.3 is 0 Å². The van der Waals surface area contributed by atoms with E-state index in [2.05, 4.69) is 18.7 Å². The van der Waals surface area contributed by atoms with Gasteiger partial charge in [-0.15, -0.1) is 11.3 Å². The largest absolute Gasteiger partial charge is 0.347 e. The number of nitrogens with two attached hydrogens (primary N) is 1. The molecule has 1 aromatic carbocycles. The maximum atomic E-state index is 6.21. The Morgan fingerprint density at radius 2 is 2.05 bits per heavy atom. The van der Waals surface area contributed by atoms with E-state index in [0.717, 1.165) is 28.0 Å². The number of hydrogen-bond acceptors (Lipinski definition) is 4. The summed E-state index contributed by atoms with van der Waals surface area (Å²) in [7, 11) is 2.03. The van der Waals surface area contributed by atoms with Gasteiger partial charge in [0, 0.05) is 30.0 Å². The zero-order chi connectivity index (χ0) is 14.7. The summed E-state index contributed by atoms with van der Waals surface area (Å²) in [6.07, 6.45) is 0. The van der Waals surface area contributed by atoms with Gasteiger partial charge in [0.15, 0.2) is 5.13 Å². The summed E-state index contributed by atoms with van der Waals surface area (Å²) >= 11 is 7.87. The molecule has 0 saturated carbocycles. The minimum Gasteiger partial charge on any atom is -0.347 e. The highest BCUT2D eigenvalue weighted by atomic mass is 35.5. The van der Waals surface area contributed by atoms with Crippen LogP contribution in [0.3, 0.4) is 0 Å². The van der Waals surface area contributed by atoms with Gasteiger partial charge in [0.05, 0.1) is 5.69 Å². The van der Waals surface area contributed by atoms with Gasteiger partial charge in [-0.25, -0.2) is 4.98 Å². The third kappa shape index (κ3) is 3.32. The minimum absolute atomic E-state index is 0.396. The van der Waals surface area contributed by atoms with Gasteiger partial charge in [-0.2, -0.15) is 0 Å². The Bertz CT molecular complexity index is 580. The van der Waals surface area contributed by atoms with Crippen LogP contribution in [0.15, 0.2) is 24.3 Å². The van der Waals surface area contributed by atoms with E-state index in [4.69, 9.17) is 22.3 Å². The van der Waals surface area contributed by atoms with Gasteiger partial charge in [-0.3, -0.25) is 0 Å². The monoisotopic (exact) mass is 309 g/mol. The Hall–Kier alpha value is -1.10. The average molecular weight is 310 g/mol. The summed E-state index contributed by atoms with van der Waals surface area (Å²) in [5.74, 6) is 0.396. The van der Waals surface area contributed by atoms with Crippen molar-refractivity contribution in [2.24, 2.45) is 5.73 Å². The van der Waals surface area contributed by atoms with Gasteiger partial charge in [-0.1, -0.05) is 43.6 Å². The molecule has 0 saturated heterocycles. The molecule has 0 radical (unpaired) electrons. The first-order chi connectivity index (χ1) is 9.52. The van der Waals surface area contributed by atoms with Crippen molar-refractivity contribution in [2.75, 3.05) is 11.9 Å². The van der Waals surface area contributed by atoms with E-state index >= 15 is 0 Å². The van der Waals surface area contributed by atoms with Gasteiger partial charge in [0.1, 0.15) is 0 Å². The normalized spacial score (nSPS) is 11.1. The second-order valence-electron chi connectivity index (χ2n) is 5.11. The highest BCUT2D eigenvalue weighted by Gasteiger charge is 2.16. The molecule has 0 amide bonds. The molecule has 0 aliphatic carbocycles. The summed E-state index contributed by atoms with van der Waals surface area (Å²) in [5.41, 5.74) is 8.02. The smallest absolute Gasteiger partial charge is 0.185 e. The zero-order valence-electron chi connectivity index (χ0n) is 12.1. The molecule has 5 heteroatoms. The van der Waals surface area contributed by atoms with Crippen molar-refractivity contribution in [2.45, 2.75) is 32.9 Å². The van der Waals surface area contributed by atoms with E-state index in [0.29, 0.717) is 12.5 Å². The second-order valence-corrected chi connectivity index (χ2v) is 6.58. The van der Waals surface area contributed by atoms with Crippen molar-refractivity contribution < 1.29 is 0 Å². The molecule has 0 fully saturated rings. The highest BCUT2D eigenvalue weighted by molar-refractivity contribution is 7.15. The number of rotatable bonds is 5. The molecule has 1 heterocycles. The fourth-order valence-electron chi connectivity index (χ4n) is 2.06. The number of benzene rings is 1. The maximum Gasteiger partial charge on any atom is 0.185 e. The van der Waals surface area contributed by atoms with Crippen molar-refractivity contribution in [3.05, 3.63) is 45.4 Å². The molecule has 0 atom stereocenters. The Balaban J connectivity index is 2.21. The lowest BCUT2D eigenvalue weighted by atomic mass is 10.1. The average Bonchev–Trinajstić information content (AvgIpc) is 2.86.